The first kappa shape index (κ1) is 22.0. The highest BCUT2D eigenvalue weighted by Crippen LogP contribution is 2.35. The Kier molecular flexibility index (Phi) is 6.18. The molecule has 1 saturated heterocycles. The predicted octanol–water partition coefficient (Wildman–Crippen LogP) is 3.73. The fraction of sp³-hybridized carbons (Fsp3) is 0.619. The molecule has 0 saturated carbocycles. The maximum Gasteiger partial charge on any atom is 0.299 e. The summed E-state index contributed by atoms with van der Waals surface area (Å²) in [4.78, 5) is 16.2. The third kappa shape index (κ3) is 4.14. The largest absolute Gasteiger partial charge is 0.420 e. The molecule has 0 amide bonds. The Hall–Kier alpha value is -2.23. The van der Waals surface area contributed by atoms with Crippen molar-refractivity contribution in [3.63, 3.8) is 0 Å². The molecule has 168 valence electrons. The fourth-order valence-electron chi connectivity index (χ4n) is 4.15. The number of aromatic nitrogens is 5. The van der Waals surface area contributed by atoms with Crippen molar-refractivity contribution in [1.29, 1.82) is 0 Å². The van der Waals surface area contributed by atoms with Crippen LogP contribution in [0, 0.1) is 6.92 Å². The highest BCUT2D eigenvalue weighted by Gasteiger charge is 2.29. The lowest BCUT2D eigenvalue weighted by atomic mass is 10.0. The Labute approximate surface area is 186 Å². The summed E-state index contributed by atoms with van der Waals surface area (Å²) in [6.45, 7) is 10.0. The molecule has 9 nitrogen and oxygen atoms in total. The zero-order valence-electron chi connectivity index (χ0n) is 18.8. The Balaban J connectivity index is 1.74. The molecule has 3 aromatic heterocycles. The summed E-state index contributed by atoms with van der Waals surface area (Å²) in [5.74, 6) is 0.570. The average molecular weight is 449 g/mol. The van der Waals surface area contributed by atoms with E-state index in [1.54, 1.807) is 11.8 Å². The van der Waals surface area contributed by atoms with E-state index in [2.05, 4.69) is 17.0 Å². The minimum Gasteiger partial charge on any atom is -0.420 e. The van der Waals surface area contributed by atoms with Gasteiger partial charge >= 0.3 is 0 Å². The van der Waals surface area contributed by atoms with Gasteiger partial charge in [0.05, 0.1) is 30.2 Å². The van der Waals surface area contributed by atoms with Gasteiger partial charge in [-0.05, 0) is 27.2 Å². The van der Waals surface area contributed by atoms with Crippen LogP contribution in [0.4, 0.5) is 6.01 Å². The number of anilines is 1. The lowest BCUT2D eigenvalue weighted by molar-refractivity contribution is -0.00667. The van der Waals surface area contributed by atoms with Crippen molar-refractivity contribution in [3.8, 4) is 11.5 Å². The zero-order chi connectivity index (χ0) is 22.3. The average Bonchev–Trinajstić information content (AvgIpc) is 3.25. The number of fused-ring (bicyclic) bond motifs is 1. The van der Waals surface area contributed by atoms with Crippen LogP contribution in [0.25, 0.3) is 22.6 Å². The van der Waals surface area contributed by atoms with Gasteiger partial charge in [0.15, 0.2) is 16.6 Å². The van der Waals surface area contributed by atoms with Crippen LogP contribution in [0.2, 0.25) is 5.15 Å². The summed E-state index contributed by atoms with van der Waals surface area (Å²) in [6.07, 6.45) is 1.07. The van der Waals surface area contributed by atoms with Crippen LogP contribution in [0.5, 0.6) is 0 Å². The van der Waals surface area contributed by atoms with E-state index >= 15 is 0 Å². The summed E-state index contributed by atoms with van der Waals surface area (Å²) in [7, 11) is 3.56. The van der Waals surface area contributed by atoms with Crippen LogP contribution in [-0.2, 0) is 16.5 Å². The quantitative estimate of drug-likeness (QED) is 0.563. The van der Waals surface area contributed by atoms with Crippen LogP contribution < -0.4 is 4.90 Å². The van der Waals surface area contributed by atoms with Gasteiger partial charge in [0.2, 0.25) is 0 Å². The Morgan fingerprint density at radius 2 is 1.90 bits per heavy atom. The van der Waals surface area contributed by atoms with Crippen molar-refractivity contribution in [3.05, 3.63) is 16.5 Å². The zero-order valence-corrected chi connectivity index (χ0v) is 19.6. The maximum atomic E-state index is 6.48. The molecule has 4 rings (SSSR count). The molecule has 1 aliphatic heterocycles. The SMILES string of the molecule is CCC(COC)c1nn(C)c2nc(-c3oc(N4C[C@@H](C)O[C@@H](C)C4)nc3Cl)c(C)nc12. The number of oxazole rings is 1. The van der Waals surface area contributed by atoms with E-state index in [1.807, 2.05) is 32.7 Å². The van der Waals surface area contributed by atoms with Gasteiger partial charge in [0.1, 0.15) is 11.2 Å². The predicted molar refractivity (Wildman–Crippen MR) is 119 cm³/mol. The molecule has 4 heterocycles. The van der Waals surface area contributed by atoms with Crippen molar-refractivity contribution >= 4 is 28.8 Å². The van der Waals surface area contributed by atoms with E-state index in [0.29, 0.717) is 48.5 Å². The highest BCUT2D eigenvalue weighted by molar-refractivity contribution is 6.31. The number of rotatable bonds is 6. The summed E-state index contributed by atoms with van der Waals surface area (Å²) in [6, 6.07) is 0.472. The van der Waals surface area contributed by atoms with Gasteiger partial charge < -0.3 is 18.8 Å². The molecule has 3 atom stereocenters. The Morgan fingerprint density at radius 3 is 2.55 bits per heavy atom. The second-order valence-electron chi connectivity index (χ2n) is 8.18. The van der Waals surface area contributed by atoms with Crippen molar-refractivity contribution in [1.82, 2.24) is 24.7 Å². The molecule has 1 unspecified atom stereocenters. The van der Waals surface area contributed by atoms with E-state index < -0.39 is 0 Å². The van der Waals surface area contributed by atoms with E-state index in [9.17, 15) is 0 Å². The molecule has 0 aromatic carbocycles. The van der Waals surface area contributed by atoms with Crippen molar-refractivity contribution in [2.45, 2.75) is 52.2 Å². The van der Waals surface area contributed by atoms with E-state index in [4.69, 9.17) is 35.5 Å². The fourth-order valence-corrected chi connectivity index (χ4v) is 4.35. The minimum atomic E-state index is 0.0854. The van der Waals surface area contributed by atoms with E-state index in [-0.39, 0.29) is 23.3 Å². The minimum absolute atomic E-state index is 0.0854. The van der Waals surface area contributed by atoms with Crippen molar-refractivity contribution in [2.24, 2.45) is 7.05 Å². The first-order valence-corrected chi connectivity index (χ1v) is 11.0. The molecule has 31 heavy (non-hydrogen) atoms. The van der Waals surface area contributed by atoms with Crippen LogP contribution >= 0.6 is 11.6 Å². The lowest BCUT2D eigenvalue weighted by Crippen LogP contribution is -2.45. The van der Waals surface area contributed by atoms with Gasteiger partial charge in [-0.2, -0.15) is 10.1 Å². The van der Waals surface area contributed by atoms with E-state index in [0.717, 1.165) is 17.6 Å². The van der Waals surface area contributed by atoms with Gasteiger partial charge in [-0.1, -0.05) is 18.5 Å². The highest BCUT2D eigenvalue weighted by atomic mass is 35.5. The number of ether oxygens (including phenoxy) is 2. The Bertz CT molecular complexity index is 1070. The molecule has 1 aliphatic rings. The molecule has 3 aromatic rings. The van der Waals surface area contributed by atoms with Crippen LogP contribution in [0.1, 0.15) is 44.5 Å². The number of aryl methyl sites for hydroxylation is 2. The summed E-state index contributed by atoms with van der Waals surface area (Å²) in [5, 5.41) is 4.95. The van der Waals surface area contributed by atoms with Crippen molar-refractivity contribution in [2.75, 3.05) is 31.7 Å². The van der Waals surface area contributed by atoms with Crippen LogP contribution in [-0.4, -0.2) is 63.7 Å². The number of hydrogen-bond acceptors (Lipinski definition) is 8. The van der Waals surface area contributed by atoms with Crippen molar-refractivity contribution < 1.29 is 13.9 Å². The van der Waals surface area contributed by atoms with Gasteiger partial charge in [0, 0.05) is 33.2 Å². The van der Waals surface area contributed by atoms with Gasteiger partial charge in [-0.15, -0.1) is 0 Å². The molecule has 0 aliphatic carbocycles. The van der Waals surface area contributed by atoms with Gasteiger partial charge in [-0.25, -0.2) is 14.6 Å². The molecular weight excluding hydrogens is 420 g/mol. The molecule has 0 radical (unpaired) electrons. The normalized spacial score (nSPS) is 20.5. The number of hydrogen-bond donors (Lipinski definition) is 0. The standard InChI is InChI=1S/C21H29ClN6O3/c1-7-14(10-29-6)16-17-20(27(5)26-16)24-15(13(4)23-17)18-19(22)25-21(31-18)28-8-11(2)30-12(3)9-28/h11-12,14H,7-10H2,1-6H3/t11-,12+,14?. The number of methoxy groups -OCH3 is 1. The second-order valence-corrected chi connectivity index (χ2v) is 8.54. The number of nitrogens with zero attached hydrogens (tertiary/aromatic N) is 6. The molecule has 1 fully saturated rings. The second kappa shape index (κ2) is 8.72. The van der Waals surface area contributed by atoms with Gasteiger partial charge in [-0.3, -0.25) is 0 Å². The molecule has 0 N–H and O–H groups in total. The first-order chi connectivity index (χ1) is 14.8. The topological polar surface area (TPSA) is 91.3 Å². The number of halogens is 1. The molecular formula is C21H29ClN6O3. The smallest absolute Gasteiger partial charge is 0.299 e. The van der Waals surface area contributed by atoms with Gasteiger partial charge in [0.25, 0.3) is 6.01 Å². The summed E-state index contributed by atoms with van der Waals surface area (Å²) < 4.78 is 19.0. The maximum absolute atomic E-state index is 6.48. The third-order valence-corrected chi connectivity index (χ3v) is 5.84. The third-order valence-electron chi connectivity index (χ3n) is 5.59. The molecule has 10 heteroatoms. The summed E-state index contributed by atoms with van der Waals surface area (Å²) >= 11 is 6.48. The Morgan fingerprint density at radius 1 is 1.19 bits per heavy atom. The molecule has 0 bridgehead atoms. The monoisotopic (exact) mass is 448 g/mol. The van der Waals surface area contributed by atoms with Crippen LogP contribution in [0.15, 0.2) is 4.42 Å². The first-order valence-electron chi connectivity index (χ1n) is 10.6. The molecule has 0 spiro atoms. The number of morpholine rings is 1. The summed E-state index contributed by atoms with van der Waals surface area (Å²) in [5.41, 5.74) is 3.62. The lowest BCUT2D eigenvalue weighted by Gasteiger charge is -2.34. The van der Waals surface area contributed by atoms with E-state index in [1.165, 1.54) is 0 Å². The van der Waals surface area contributed by atoms with Crippen LogP contribution in [0.3, 0.4) is 0 Å².